The van der Waals surface area contributed by atoms with Crippen molar-refractivity contribution in [2.45, 2.75) is 25.8 Å². The van der Waals surface area contributed by atoms with Gasteiger partial charge in [-0.05, 0) is 50.1 Å². The van der Waals surface area contributed by atoms with Crippen molar-refractivity contribution in [1.29, 1.82) is 0 Å². The highest BCUT2D eigenvalue weighted by atomic mass is 35.5. The number of halogens is 3. The number of likely N-dealkylation sites (tertiary alicyclic amines) is 1. The van der Waals surface area contributed by atoms with Gasteiger partial charge in [-0.15, -0.1) is 0 Å². The fraction of sp³-hybridized carbons (Fsp3) is 0.261. The predicted molar refractivity (Wildman–Crippen MR) is 129 cm³/mol. The van der Waals surface area contributed by atoms with Crippen LogP contribution in [0.2, 0.25) is 15.1 Å². The number of amides is 2. The summed E-state index contributed by atoms with van der Waals surface area (Å²) in [5.41, 5.74) is 3.07. The number of rotatable bonds is 4. The number of piperidine rings is 1. The molecule has 1 fully saturated rings. The Morgan fingerprint density at radius 3 is 2.27 bits per heavy atom. The molecule has 0 unspecified atom stereocenters. The van der Waals surface area contributed by atoms with Crippen LogP contribution in [0.15, 0.2) is 42.5 Å². The van der Waals surface area contributed by atoms with Gasteiger partial charge < -0.3 is 15.3 Å². The molecule has 2 aromatic carbocycles. The van der Waals surface area contributed by atoms with Crippen LogP contribution in [0.5, 0.6) is 0 Å². The lowest BCUT2D eigenvalue weighted by Gasteiger charge is -2.30. The highest BCUT2D eigenvalue weighted by Gasteiger charge is 2.27. The van der Waals surface area contributed by atoms with Gasteiger partial charge in [-0.25, -0.2) is 9.48 Å². The minimum Gasteiger partial charge on any atom is -0.465 e. The molecule has 0 saturated carbocycles. The first-order chi connectivity index (χ1) is 15.7. The summed E-state index contributed by atoms with van der Waals surface area (Å²) in [5.74, 6) is -0.319. The molecular weight excluding hydrogens is 487 g/mol. The van der Waals surface area contributed by atoms with Crippen LogP contribution in [0.3, 0.4) is 0 Å². The van der Waals surface area contributed by atoms with Crippen molar-refractivity contribution in [3.63, 3.8) is 0 Å². The number of nitrogens with one attached hydrogen (secondary N) is 1. The van der Waals surface area contributed by atoms with Gasteiger partial charge in [0.15, 0.2) is 5.69 Å². The molecule has 2 amide bonds. The average molecular weight is 508 g/mol. The Morgan fingerprint density at radius 2 is 1.67 bits per heavy atom. The Morgan fingerprint density at radius 1 is 1.03 bits per heavy atom. The van der Waals surface area contributed by atoms with Gasteiger partial charge in [0.2, 0.25) is 0 Å². The van der Waals surface area contributed by atoms with E-state index in [1.165, 1.54) is 4.90 Å². The topological polar surface area (TPSA) is 87.5 Å². The molecule has 4 rings (SSSR count). The maximum atomic E-state index is 13.2. The van der Waals surface area contributed by atoms with Crippen LogP contribution in [0, 0.1) is 6.92 Å². The molecule has 0 aliphatic carbocycles. The van der Waals surface area contributed by atoms with Crippen molar-refractivity contribution in [2.75, 3.05) is 13.1 Å². The van der Waals surface area contributed by atoms with Crippen LogP contribution in [0.25, 0.3) is 16.9 Å². The molecule has 0 radical (unpaired) electrons. The van der Waals surface area contributed by atoms with E-state index in [0.717, 1.165) is 5.56 Å². The van der Waals surface area contributed by atoms with E-state index < -0.39 is 6.09 Å². The standard InChI is InChI=1S/C23H21Cl3N4O3/c1-13-20(22(31)27-17-8-10-29(11-9-17)23(32)33)28-30(19-7-6-16(25)12-18(19)26)21(13)14-2-4-15(24)5-3-14/h2-7,12,17H,8-11H2,1H3,(H,27,31)(H,32,33). The summed E-state index contributed by atoms with van der Waals surface area (Å²) in [6.07, 6.45) is 0.150. The van der Waals surface area contributed by atoms with Crippen LogP contribution < -0.4 is 5.32 Å². The molecule has 7 nitrogen and oxygen atoms in total. The predicted octanol–water partition coefficient (Wildman–Crippen LogP) is 5.68. The number of carboxylic acid groups (broad SMARTS) is 1. The molecule has 1 aromatic heterocycles. The number of aromatic nitrogens is 2. The van der Waals surface area contributed by atoms with Gasteiger partial charge in [-0.1, -0.05) is 46.9 Å². The summed E-state index contributed by atoms with van der Waals surface area (Å²) in [6.45, 7) is 2.59. The number of carbonyl (C=O) groups is 2. The van der Waals surface area contributed by atoms with Gasteiger partial charge in [0.25, 0.3) is 5.91 Å². The van der Waals surface area contributed by atoms with Gasteiger partial charge in [0, 0.05) is 40.3 Å². The molecule has 0 spiro atoms. The van der Waals surface area contributed by atoms with Gasteiger partial charge >= 0.3 is 6.09 Å². The van der Waals surface area contributed by atoms with Crippen molar-refractivity contribution in [1.82, 2.24) is 20.0 Å². The molecule has 2 N–H and O–H groups in total. The smallest absolute Gasteiger partial charge is 0.407 e. The summed E-state index contributed by atoms with van der Waals surface area (Å²) >= 11 is 18.6. The summed E-state index contributed by atoms with van der Waals surface area (Å²) in [7, 11) is 0. The van der Waals surface area contributed by atoms with E-state index in [1.807, 2.05) is 19.1 Å². The molecule has 33 heavy (non-hydrogen) atoms. The molecule has 10 heteroatoms. The molecule has 1 saturated heterocycles. The van der Waals surface area contributed by atoms with Crippen molar-refractivity contribution >= 4 is 46.8 Å². The molecule has 3 aromatic rings. The SMILES string of the molecule is Cc1c(C(=O)NC2CCN(C(=O)O)CC2)nn(-c2ccc(Cl)cc2Cl)c1-c1ccc(Cl)cc1. The first-order valence-electron chi connectivity index (χ1n) is 10.3. The van der Waals surface area contributed by atoms with Crippen LogP contribution in [0.4, 0.5) is 4.79 Å². The molecule has 0 bridgehead atoms. The summed E-state index contributed by atoms with van der Waals surface area (Å²) in [5, 5.41) is 18.2. The summed E-state index contributed by atoms with van der Waals surface area (Å²) < 4.78 is 1.64. The van der Waals surface area contributed by atoms with E-state index in [2.05, 4.69) is 10.4 Å². The van der Waals surface area contributed by atoms with E-state index in [-0.39, 0.29) is 17.6 Å². The van der Waals surface area contributed by atoms with E-state index in [4.69, 9.17) is 39.9 Å². The van der Waals surface area contributed by atoms with Gasteiger partial charge in [0.1, 0.15) is 0 Å². The van der Waals surface area contributed by atoms with E-state index in [0.29, 0.717) is 57.9 Å². The normalized spacial score (nSPS) is 14.4. The van der Waals surface area contributed by atoms with Crippen LogP contribution >= 0.6 is 34.8 Å². The van der Waals surface area contributed by atoms with E-state index >= 15 is 0 Å². The molecular formula is C23H21Cl3N4O3. The lowest BCUT2D eigenvalue weighted by molar-refractivity contribution is 0.0901. The number of benzene rings is 2. The van der Waals surface area contributed by atoms with Crippen molar-refractivity contribution in [3.8, 4) is 16.9 Å². The second kappa shape index (κ2) is 9.63. The molecule has 0 atom stereocenters. The summed E-state index contributed by atoms with van der Waals surface area (Å²) in [4.78, 5) is 25.7. The highest BCUT2D eigenvalue weighted by Crippen LogP contribution is 2.33. The lowest BCUT2D eigenvalue weighted by Crippen LogP contribution is -2.46. The zero-order valence-electron chi connectivity index (χ0n) is 17.7. The van der Waals surface area contributed by atoms with Crippen molar-refractivity contribution < 1.29 is 14.7 Å². The third-order valence-electron chi connectivity index (χ3n) is 5.69. The molecule has 2 heterocycles. The van der Waals surface area contributed by atoms with Crippen molar-refractivity contribution in [3.05, 3.63) is 68.8 Å². The fourth-order valence-electron chi connectivity index (χ4n) is 3.95. The van der Waals surface area contributed by atoms with E-state index in [9.17, 15) is 9.59 Å². The Balaban J connectivity index is 1.70. The molecule has 172 valence electrons. The first-order valence-corrected chi connectivity index (χ1v) is 11.5. The average Bonchev–Trinajstić information content (AvgIpc) is 3.11. The Hall–Kier alpha value is -2.74. The van der Waals surface area contributed by atoms with Crippen molar-refractivity contribution in [2.24, 2.45) is 0 Å². The Kier molecular flexibility index (Phi) is 6.83. The maximum Gasteiger partial charge on any atom is 0.407 e. The highest BCUT2D eigenvalue weighted by molar-refractivity contribution is 6.35. The lowest BCUT2D eigenvalue weighted by atomic mass is 10.0. The monoisotopic (exact) mass is 506 g/mol. The quantitative estimate of drug-likeness (QED) is 0.475. The zero-order valence-corrected chi connectivity index (χ0v) is 20.0. The maximum absolute atomic E-state index is 13.2. The number of hydrogen-bond donors (Lipinski definition) is 2. The number of hydrogen-bond acceptors (Lipinski definition) is 3. The van der Waals surface area contributed by atoms with Gasteiger partial charge in [-0.3, -0.25) is 4.79 Å². The minimum absolute atomic E-state index is 0.129. The number of nitrogens with zero attached hydrogens (tertiary/aromatic N) is 3. The van der Waals surface area contributed by atoms with Crippen LogP contribution in [-0.2, 0) is 0 Å². The van der Waals surface area contributed by atoms with Crippen LogP contribution in [-0.4, -0.2) is 50.9 Å². The first kappa shape index (κ1) is 23.4. The fourth-order valence-corrected chi connectivity index (χ4v) is 4.57. The third-order valence-corrected chi connectivity index (χ3v) is 6.48. The zero-order chi connectivity index (χ0) is 23.7. The Bertz CT molecular complexity index is 1200. The van der Waals surface area contributed by atoms with Crippen LogP contribution in [0.1, 0.15) is 28.9 Å². The second-order valence-electron chi connectivity index (χ2n) is 7.85. The largest absolute Gasteiger partial charge is 0.465 e. The number of carbonyl (C=O) groups excluding carboxylic acids is 1. The van der Waals surface area contributed by atoms with Gasteiger partial charge in [0.05, 0.1) is 16.4 Å². The minimum atomic E-state index is -0.943. The summed E-state index contributed by atoms with van der Waals surface area (Å²) in [6, 6.07) is 12.2. The molecule has 1 aliphatic rings. The molecule has 1 aliphatic heterocycles. The third kappa shape index (κ3) is 4.95. The second-order valence-corrected chi connectivity index (χ2v) is 9.13. The Labute approximate surface area is 205 Å². The van der Waals surface area contributed by atoms with Gasteiger partial charge in [-0.2, -0.15) is 5.10 Å². The van der Waals surface area contributed by atoms with E-state index in [1.54, 1.807) is 35.0 Å².